The molecule has 1 aliphatic rings. The van der Waals surface area contributed by atoms with Crippen LogP contribution in [0.2, 0.25) is 0 Å². The van der Waals surface area contributed by atoms with E-state index in [4.69, 9.17) is 0 Å². The lowest BCUT2D eigenvalue weighted by Crippen LogP contribution is -2.32. The number of amides is 1. The van der Waals surface area contributed by atoms with Crippen LogP contribution >= 0.6 is 0 Å². The van der Waals surface area contributed by atoms with Gasteiger partial charge < -0.3 is 5.32 Å². The zero-order valence-corrected chi connectivity index (χ0v) is 9.12. The molecule has 1 aromatic rings. The Hall–Kier alpha value is -1.31. The molecule has 1 fully saturated rings. The van der Waals surface area contributed by atoms with Gasteiger partial charge in [-0.1, -0.05) is 30.5 Å². The quantitative estimate of drug-likeness (QED) is 0.786. The second kappa shape index (κ2) is 4.47. The third-order valence-electron chi connectivity index (χ3n) is 3.00. The van der Waals surface area contributed by atoms with Gasteiger partial charge in [0.2, 0.25) is 0 Å². The summed E-state index contributed by atoms with van der Waals surface area (Å²) in [6, 6.07) is 8.13. The topological polar surface area (TPSA) is 29.1 Å². The molecule has 1 N–H and O–H groups in total. The van der Waals surface area contributed by atoms with Crippen molar-refractivity contribution in [2.24, 2.45) is 0 Å². The lowest BCUT2D eigenvalue weighted by atomic mass is 10.1. The normalized spacial score (nSPS) is 16.6. The lowest BCUT2D eigenvalue weighted by Gasteiger charge is -2.11. The molecule has 0 heterocycles. The SMILES string of the molecule is Cc1ccc(C(=O)NC2CCCC2)cc1. The fraction of sp³-hybridized carbons (Fsp3) is 0.462. The van der Waals surface area contributed by atoms with Crippen LogP contribution in [0.15, 0.2) is 24.3 Å². The molecule has 15 heavy (non-hydrogen) atoms. The van der Waals surface area contributed by atoms with E-state index in [-0.39, 0.29) is 5.91 Å². The number of carbonyl (C=O) groups is 1. The Kier molecular flexibility index (Phi) is 3.05. The van der Waals surface area contributed by atoms with Gasteiger partial charge in [0.25, 0.3) is 5.91 Å². The molecule has 80 valence electrons. The monoisotopic (exact) mass is 203 g/mol. The molecule has 0 spiro atoms. The van der Waals surface area contributed by atoms with Gasteiger partial charge in [-0.2, -0.15) is 0 Å². The van der Waals surface area contributed by atoms with Gasteiger partial charge in [0.1, 0.15) is 0 Å². The van der Waals surface area contributed by atoms with E-state index in [1.54, 1.807) is 0 Å². The van der Waals surface area contributed by atoms with Crippen LogP contribution in [0.3, 0.4) is 0 Å². The second-order valence-corrected chi connectivity index (χ2v) is 4.32. The molecular weight excluding hydrogens is 186 g/mol. The summed E-state index contributed by atoms with van der Waals surface area (Å²) in [6.07, 6.45) is 4.77. The van der Waals surface area contributed by atoms with Crippen LogP contribution < -0.4 is 5.32 Å². The molecule has 0 aliphatic heterocycles. The smallest absolute Gasteiger partial charge is 0.251 e. The summed E-state index contributed by atoms with van der Waals surface area (Å²) < 4.78 is 0. The van der Waals surface area contributed by atoms with E-state index in [1.807, 2.05) is 31.2 Å². The van der Waals surface area contributed by atoms with Gasteiger partial charge in [0.05, 0.1) is 0 Å². The zero-order valence-electron chi connectivity index (χ0n) is 9.12. The predicted octanol–water partition coefficient (Wildman–Crippen LogP) is 2.67. The maximum absolute atomic E-state index is 11.8. The summed E-state index contributed by atoms with van der Waals surface area (Å²) in [6.45, 7) is 2.03. The highest BCUT2D eigenvalue weighted by molar-refractivity contribution is 5.94. The van der Waals surface area contributed by atoms with Crippen LogP contribution in [-0.2, 0) is 0 Å². The van der Waals surface area contributed by atoms with E-state index < -0.39 is 0 Å². The maximum Gasteiger partial charge on any atom is 0.251 e. The standard InChI is InChI=1S/C13H17NO/c1-10-6-8-11(9-7-10)13(15)14-12-4-2-3-5-12/h6-9,12H,2-5H2,1H3,(H,14,15). The first-order valence-electron chi connectivity index (χ1n) is 5.63. The van der Waals surface area contributed by atoms with Gasteiger partial charge in [-0.15, -0.1) is 0 Å². The minimum atomic E-state index is 0.0712. The minimum absolute atomic E-state index is 0.0712. The lowest BCUT2D eigenvalue weighted by molar-refractivity contribution is 0.0938. The molecule has 2 nitrogen and oxygen atoms in total. The number of nitrogens with one attached hydrogen (secondary N) is 1. The Bertz CT molecular complexity index is 336. The fourth-order valence-electron chi connectivity index (χ4n) is 2.04. The third-order valence-corrected chi connectivity index (χ3v) is 3.00. The van der Waals surface area contributed by atoms with E-state index in [2.05, 4.69) is 5.32 Å². The number of rotatable bonds is 2. The van der Waals surface area contributed by atoms with Crippen LogP contribution in [0.5, 0.6) is 0 Å². The van der Waals surface area contributed by atoms with Crippen molar-refractivity contribution in [1.29, 1.82) is 0 Å². The summed E-state index contributed by atoms with van der Waals surface area (Å²) in [5.74, 6) is 0.0712. The highest BCUT2D eigenvalue weighted by Gasteiger charge is 2.17. The first kappa shape index (κ1) is 10.2. The fourth-order valence-corrected chi connectivity index (χ4v) is 2.04. The molecule has 0 radical (unpaired) electrons. The molecule has 0 unspecified atom stereocenters. The van der Waals surface area contributed by atoms with E-state index >= 15 is 0 Å². The van der Waals surface area contributed by atoms with Crippen molar-refractivity contribution in [3.8, 4) is 0 Å². The zero-order chi connectivity index (χ0) is 10.7. The Morgan fingerprint density at radius 3 is 2.40 bits per heavy atom. The van der Waals surface area contributed by atoms with Crippen molar-refractivity contribution in [2.45, 2.75) is 38.6 Å². The first-order valence-corrected chi connectivity index (χ1v) is 5.63. The van der Waals surface area contributed by atoms with Crippen molar-refractivity contribution >= 4 is 5.91 Å². The molecule has 2 rings (SSSR count). The number of aryl methyl sites for hydroxylation is 1. The molecule has 2 heteroatoms. The van der Waals surface area contributed by atoms with Crippen LogP contribution in [0.4, 0.5) is 0 Å². The number of benzene rings is 1. The molecule has 0 aromatic heterocycles. The average Bonchev–Trinajstić information content (AvgIpc) is 2.71. The van der Waals surface area contributed by atoms with E-state index in [9.17, 15) is 4.79 Å². The van der Waals surface area contributed by atoms with Crippen LogP contribution in [0.1, 0.15) is 41.6 Å². The van der Waals surface area contributed by atoms with Crippen LogP contribution in [-0.4, -0.2) is 11.9 Å². The van der Waals surface area contributed by atoms with Gasteiger partial charge in [0.15, 0.2) is 0 Å². The third kappa shape index (κ3) is 2.58. The number of hydrogen-bond donors (Lipinski definition) is 1. The van der Waals surface area contributed by atoms with Gasteiger partial charge in [-0.25, -0.2) is 0 Å². The largest absolute Gasteiger partial charge is 0.349 e. The van der Waals surface area contributed by atoms with Crippen molar-refractivity contribution in [2.75, 3.05) is 0 Å². The van der Waals surface area contributed by atoms with Crippen molar-refractivity contribution < 1.29 is 4.79 Å². The van der Waals surface area contributed by atoms with Crippen molar-refractivity contribution in [3.63, 3.8) is 0 Å². The minimum Gasteiger partial charge on any atom is -0.349 e. The Balaban J connectivity index is 1.98. The maximum atomic E-state index is 11.8. The Morgan fingerprint density at radius 2 is 1.80 bits per heavy atom. The van der Waals surface area contributed by atoms with Gasteiger partial charge >= 0.3 is 0 Å². The van der Waals surface area contributed by atoms with Crippen molar-refractivity contribution in [3.05, 3.63) is 35.4 Å². The summed E-state index contributed by atoms with van der Waals surface area (Å²) in [5.41, 5.74) is 1.96. The molecule has 0 saturated heterocycles. The molecule has 1 saturated carbocycles. The predicted molar refractivity (Wildman–Crippen MR) is 60.9 cm³/mol. The molecule has 1 aromatic carbocycles. The molecule has 1 aliphatic carbocycles. The van der Waals surface area contributed by atoms with Gasteiger partial charge in [-0.05, 0) is 31.9 Å². The summed E-state index contributed by atoms with van der Waals surface area (Å²) in [7, 11) is 0. The van der Waals surface area contributed by atoms with E-state index in [1.165, 1.54) is 18.4 Å². The van der Waals surface area contributed by atoms with Crippen molar-refractivity contribution in [1.82, 2.24) is 5.32 Å². The first-order chi connectivity index (χ1) is 7.25. The van der Waals surface area contributed by atoms with Gasteiger partial charge in [-0.3, -0.25) is 4.79 Å². The summed E-state index contributed by atoms with van der Waals surface area (Å²) in [4.78, 5) is 11.8. The average molecular weight is 203 g/mol. The van der Waals surface area contributed by atoms with Crippen LogP contribution in [0, 0.1) is 6.92 Å². The van der Waals surface area contributed by atoms with E-state index in [0.717, 1.165) is 18.4 Å². The highest BCUT2D eigenvalue weighted by atomic mass is 16.1. The van der Waals surface area contributed by atoms with Crippen LogP contribution in [0.25, 0.3) is 0 Å². The Morgan fingerprint density at radius 1 is 1.20 bits per heavy atom. The summed E-state index contributed by atoms with van der Waals surface area (Å²) >= 11 is 0. The molecule has 1 amide bonds. The second-order valence-electron chi connectivity index (χ2n) is 4.32. The molecule has 0 bridgehead atoms. The number of hydrogen-bond acceptors (Lipinski definition) is 1. The molecule has 0 atom stereocenters. The summed E-state index contributed by atoms with van der Waals surface area (Å²) in [5, 5.41) is 3.08. The highest BCUT2D eigenvalue weighted by Crippen LogP contribution is 2.18. The molecular formula is C13H17NO. The van der Waals surface area contributed by atoms with E-state index in [0.29, 0.717) is 6.04 Å². The number of carbonyl (C=O) groups excluding carboxylic acids is 1. The Labute approximate surface area is 90.7 Å². The van der Waals surface area contributed by atoms with Gasteiger partial charge in [0, 0.05) is 11.6 Å².